The van der Waals surface area contributed by atoms with E-state index in [0.29, 0.717) is 23.8 Å². The number of amides is 2. The maximum absolute atomic E-state index is 11.9. The lowest BCUT2D eigenvalue weighted by Gasteiger charge is -2.09. The Morgan fingerprint density at radius 2 is 1.84 bits per heavy atom. The summed E-state index contributed by atoms with van der Waals surface area (Å²) in [5.74, 6) is -1.71. The maximum atomic E-state index is 11.9. The van der Waals surface area contributed by atoms with E-state index in [-0.39, 0.29) is 31.8 Å². The largest absolute Gasteiger partial charge is 0.492 e. The average molecular weight is 446 g/mol. The molecule has 0 aliphatic carbocycles. The summed E-state index contributed by atoms with van der Waals surface area (Å²) in [5.41, 5.74) is 0. The molecule has 0 bridgehead atoms. The zero-order valence-corrected chi connectivity index (χ0v) is 15.4. The van der Waals surface area contributed by atoms with Crippen molar-refractivity contribution in [3.63, 3.8) is 0 Å². The fourth-order valence-corrected chi connectivity index (χ4v) is 2.44. The topological polar surface area (TPSA) is 67.4 Å². The molecule has 1 aromatic carbocycles. The van der Waals surface area contributed by atoms with Gasteiger partial charge >= 0.3 is 12.1 Å². The number of benzene rings is 1. The van der Waals surface area contributed by atoms with Gasteiger partial charge < -0.3 is 15.4 Å². The van der Waals surface area contributed by atoms with Crippen LogP contribution in [0.2, 0.25) is 5.02 Å². The van der Waals surface area contributed by atoms with Gasteiger partial charge in [0.15, 0.2) is 0 Å². The van der Waals surface area contributed by atoms with Gasteiger partial charge in [-0.25, -0.2) is 0 Å². The van der Waals surface area contributed by atoms with Gasteiger partial charge in [0, 0.05) is 24.0 Å². The van der Waals surface area contributed by atoms with Crippen molar-refractivity contribution in [3.05, 3.63) is 27.7 Å². The van der Waals surface area contributed by atoms with E-state index in [0.717, 1.165) is 4.47 Å². The van der Waals surface area contributed by atoms with Crippen molar-refractivity contribution in [1.82, 2.24) is 10.6 Å². The summed E-state index contributed by atoms with van der Waals surface area (Å²) in [6, 6.07) is 5.19. The molecule has 5 nitrogen and oxygen atoms in total. The summed E-state index contributed by atoms with van der Waals surface area (Å²) >= 11 is 9.26. The summed E-state index contributed by atoms with van der Waals surface area (Å²) in [6.45, 7) is 0.316. The SMILES string of the molecule is O=C(CCCOc1ccc(Br)cc1Cl)NCCCNC(=O)C(F)(F)F. The van der Waals surface area contributed by atoms with Crippen LogP contribution in [-0.4, -0.2) is 37.7 Å². The highest BCUT2D eigenvalue weighted by atomic mass is 79.9. The third-order valence-electron chi connectivity index (χ3n) is 2.92. The Morgan fingerprint density at radius 1 is 1.16 bits per heavy atom. The molecular formula is C15H17BrClF3N2O3. The molecule has 0 spiro atoms. The van der Waals surface area contributed by atoms with Crippen LogP contribution in [0.5, 0.6) is 5.75 Å². The first-order valence-corrected chi connectivity index (χ1v) is 8.57. The van der Waals surface area contributed by atoms with Crippen molar-refractivity contribution in [3.8, 4) is 5.75 Å². The highest BCUT2D eigenvalue weighted by molar-refractivity contribution is 9.10. The Kier molecular flexibility index (Phi) is 9.05. The number of halogens is 5. The van der Waals surface area contributed by atoms with Gasteiger partial charge in [0.2, 0.25) is 5.91 Å². The summed E-state index contributed by atoms with van der Waals surface area (Å²) in [7, 11) is 0. The zero-order valence-electron chi connectivity index (χ0n) is 13.1. The van der Waals surface area contributed by atoms with Gasteiger partial charge in [-0.15, -0.1) is 0 Å². The molecule has 10 heteroatoms. The van der Waals surface area contributed by atoms with E-state index in [2.05, 4.69) is 21.2 Å². The maximum Gasteiger partial charge on any atom is 0.471 e. The minimum Gasteiger partial charge on any atom is -0.492 e. The van der Waals surface area contributed by atoms with Crippen molar-refractivity contribution < 1.29 is 27.5 Å². The van der Waals surface area contributed by atoms with Gasteiger partial charge in [-0.05, 0) is 31.0 Å². The van der Waals surface area contributed by atoms with Crippen LogP contribution in [0.1, 0.15) is 19.3 Å². The number of nitrogens with one attached hydrogen (secondary N) is 2. The van der Waals surface area contributed by atoms with Gasteiger partial charge in [0.05, 0.1) is 11.6 Å². The van der Waals surface area contributed by atoms with Crippen molar-refractivity contribution in [1.29, 1.82) is 0 Å². The average Bonchev–Trinajstić information content (AvgIpc) is 2.51. The number of alkyl halides is 3. The van der Waals surface area contributed by atoms with E-state index in [1.165, 1.54) is 0 Å². The van der Waals surface area contributed by atoms with Crippen LogP contribution in [0.25, 0.3) is 0 Å². The highest BCUT2D eigenvalue weighted by Crippen LogP contribution is 2.27. The molecule has 140 valence electrons. The minimum atomic E-state index is -4.89. The van der Waals surface area contributed by atoms with Crippen LogP contribution < -0.4 is 15.4 Å². The lowest BCUT2D eigenvalue weighted by Crippen LogP contribution is -2.38. The number of hydrogen-bond acceptors (Lipinski definition) is 3. The second-order valence-corrected chi connectivity index (χ2v) is 6.31. The molecule has 1 aromatic rings. The Balaban J connectivity index is 2.08. The van der Waals surface area contributed by atoms with E-state index >= 15 is 0 Å². The lowest BCUT2D eigenvalue weighted by molar-refractivity contribution is -0.173. The Labute approximate surface area is 156 Å². The molecular weight excluding hydrogens is 429 g/mol. The van der Waals surface area contributed by atoms with Gasteiger partial charge in [0.1, 0.15) is 5.75 Å². The lowest BCUT2D eigenvalue weighted by atomic mass is 10.3. The zero-order chi connectivity index (χ0) is 18.9. The predicted octanol–water partition coefficient (Wildman–Crippen LogP) is 3.45. The molecule has 0 radical (unpaired) electrons. The van der Waals surface area contributed by atoms with Crippen LogP contribution in [0, 0.1) is 0 Å². The number of rotatable bonds is 9. The van der Waals surface area contributed by atoms with E-state index in [9.17, 15) is 22.8 Å². The van der Waals surface area contributed by atoms with E-state index < -0.39 is 12.1 Å². The first-order valence-electron chi connectivity index (χ1n) is 7.39. The number of carbonyl (C=O) groups is 2. The van der Waals surface area contributed by atoms with Crippen molar-refractivity contribution >= 4 is 39.3 Å². The molecule has 0 unspecified atom stereocenters. The van der Waals surface area contributed by atoms with Crippen LogP contribution in [0.4, 0.5) is 13.2 Å². The smallest absolute Gasteiger partial charge is 0.471 e. The molecule has 0 heterocycles. The third-order valence-corrected chi connectivity index (χ3v) is 3.71. The standard InChI is InChI=1S/C15H17BrClF3N2O3/c16-10-4-5-12(11(17)9-10)25-8-1-3-13(23)21-6-2-7-22-14(24)15(18,19)20/h4-5,9H,1-3,6-8H2,(H,21,23)(H,22,24). The van der Waals surface area contributed by atoms with Gasteiger partial charge in [-0.1, -0.05) is 27.5 Å². The first-order chi connectivity index (χ1) is 11.7. The molecule has 25 heavy (non-hydrogen) atoms. The fourth-order valence-electron chi connectivity index (χ4n) is 1.71. The van der Waals surface area contributed by atoms with Crippen LogP contribution >= 0.6 is 27.5 Å². The number of hydrogen-bond donors (Lipinski definition) is 2. The Hall–Kier alpha value is -1.48. The molecule has 0 aliphatic rings. The first kappa shape index (κ1) is 21.6. The van der Waals surface area contributed by atoms with Crippen molar-refractivity contribution in [2.75, 3.05) is 19.7 Å². The molecule has 0 saturated carbocycles. The fraction of sp³-hybridized carbons (Fsp3) is 0.467. The minimum absolute atomic E-state index is 0.163. The normalized spacial score (nSPS) is 11.1. The second kappa shape index (κ2) is 10.5. The number of ether oxygens (including phenoxy) is 1. The van der Waals surface area contributed by atoms with E-state index in [4.69, 9.17) is 16.3 Å². The van der Waals surface area contributed by atoms with Crippen LogP contribution in [-0.2, 0) is 9.59 Å². The second-order valence-electron chi connectivity index (χ2n) is 4.98. The molecule has 0 aromatic heterocycles. The molecule has 0 aliphatic heterocycles. The predicted molar refractivity (Wildman–Crippen MR) is 90.6 cm³/mol. The van der Waals surface area contributed by atoms with Crippen LogP contribution in [0.3, 0.4) is 0 Å². The van der Waals surface area contributed by atoms with Crippen molar-refractivity contribution in [2.45, 2.75) is 25.4 Å². The molecule has 0 fully saturated rings. The monoisotopic (exact) mass is 444 g/mol. The Bertz CT molecular complexity index is 600. The number of carbonyl (C=O) groups excluding carboxylic acids is 2. The summed E-state index contributed by atoms with van der Waals surface area (Å²) < 4.78 is 42.1. The summed E-state index contributed by atoms with van der Waals surface area (Å²) in [4.78, 5) is 22.1. The van der Waals surface area contributed by atoms with Crippen LogP contribution in [0.15, 0.2) is 22.7 Å². The van der Waals surface area contributed by atoms with Gasteiger partial charge in [-0.3, -0.25) is 9.59 Å². The molecule has 2 amide bonds. The summed E-state index contributed by atoms with van der Waals surface area (Å²) in [6.07, 6.45) is -4.01. The Morgan fingerprint density at radius 3 is 2.48 bits per heavy atom. The third kappa shape index (κ3) is 8.97. The molecule has 2 N–H and O–H groups in total. The molecule has 0 atom stereocenters. The van der Waals surface area contributed by atoms with Gasteiger partial charge in [-0.2, -0.15) is 13.2 Å². The summed E-state index contributed by atoms with van der Waals surface area (Å²) in [5, 5.41) is 4.74. The van der Waals surface area contributed by atoms with Gasteiger partial charge in [0.25, 0.3) is 0 Å². The molecule has 1 rings (SSSR count). The molecule has 0 saturated heterocycles. The van der Waals surface area contributed by atoms with E-state index in [1.807, 2.05) is 0 Å². The quantitative estimate of drug-likeness (QED) is 0.572. The van der Waals surface area contributed by atoms with Crippen molar-refractivity contribution in [2.24, 2.45) is 0 Å². The van der Waals surface area contributed by atoms with E-state index in [1.54, 1.807) is 23.5 Å². The highest BCUT2D eigenvalue weighted by Gasteiger charge is 2.38.